The molecule has 1 aromatic rings. The minimum Gasteiger partial charge on any atom is -0.481 e. The largest absolute Gasteiger partial charge is 0.481 e. The summed E-state index contributed by atoms with van der Waals surface area (Å²) in [4.78, 5) is 10.8. The third-order valence-corrected chi connectivity index (χ3v) is 5.56. The van der Waals surface area contributed by atoms with Crippen molar-refractivity contribution in [3.05, 3.63) is 30.3 Å². The van der Waals surface area contributed by atoms with E-state index in [1.165, 1.54) is 14.2 Å². The predicted molar refractivity (Wildman–Crippen MR) is 58.3 cm³/mol. The van der Waals surface area contributed by atoms with Crippen LogP contribution in [0.5, 0.6) is 0 Å². The second-order valence-corrected chi connectivity index (χ2v) is 6.35. The fourth-order valence-electron chi connectivity index (χ4n) is 1.46. The van der Waals surface area contributed by atoms with Crippen LogP contribution in [-0.2, 0) is 13.6 Å². The Balaban J connectivity index is 3.05. The summed E-state index contributed by atoms with van der Waals surface area (Å²) in [6.07, 6.45) is 0. The fourth-order valence-corrected chi connectivity index (χ4v) is 3.69. The Morgan fingerprint density at radius 3 is 2.20 bits per heavy atom. The molecule has 0 saturated heterocycles. The summed E-state index contributed by atoms with van der Waals surface area (Å²) in [7, 11) is 0.201. The standard InChI is InChI=1S/C10H14O4Si/c1-13-15(14-2,8-10(11)12)9-6-4-3-5-7-9/h3-7H,8H2,1-2H3,(H,11,12). The van der Waals surface area contributed by atoms with Gasteiger partial charge in [0, 0.05) is 14.2 Å². The molecule has 82 valence electrons. The first-order valence-electron chi connectivity index (χ1n) is 4.52. The van der Waals surface area contributed by atoms with Crippen molar-refractivity contribution < 1.29 is 18.8 Å². The summed E-state index contributed by atoms with van der Waals surface area (Å²) in [6, 6.07) is 9.14. The van der Waals surface area contributed by atoms with Crippen LogP contribution >= 0.6 is 0 Å². The molecule has 1 N–H and O–H groups in total. The second-order valence-electron chi connectivity index (χ2n) is 3.10. The molecule has 0 bridgehead atoms. The van der Waals surface area contributed by atoms with Crippen molar-refractivity contribution in [2.75, 3.05) is 14.2 Å². The van der Waals surface area contributed by atoms with Gasteiger partial charge in [0.15, 0.2) is 0 Å². The van der Waals surface area contributed by atoms with Crippen LogP contribution in [-0.4, -0.2) is 33.9 Å². The number of carboxylic acid groups (broad SMARTS) is 1. The zero-order chi connectivity index (χ0) is 11.3. The van der Waals surface area contributed by atoms with Gasteiger partial charge >= 0.3 is 14.5 Å². The molecule has 0 saturated carbocycles. The molecular formula is C10H14O4Si. The average molecular weight is 226 g/mol. The van der Waals surface area contributed by atoms with E-state index in [1.54, 1.807) is 0 Å². The Kier molecular flexibility index (Phi) is 4.02. The molecule has 1 aromatic carbocycles. The van der Waals surface area contributed by atoms with Gasteiger partial charge in [-0.3, -0.25) is 4.79 Å². The maximum Gasteiger partial charge on any atom is 0.383 e. The average Bonchev–Trinajstić information content (AvgIpc) is 2.27. The van der Waals surface area contributed by atoms with Crippen molar-refractivity contribution in [1.82, 2.24) is 0 Å². The van der Waals surface area contributed by atoms with Crippen LogP contribution in [0.4, 0.5) is 0 Å². The van der Waals surface area contributed by atoms with Crippen LogP contribution in [0.2, 0.25) is 6.04 Å². The highest BCUT2D eigenvalue weighted by atomic mass is 28.4. The van der Waals surface area contributed by atoms with E-state index in [0.717, 1.165) is 5.19 Å². The lowest BCUT2D eigenvalue weighted by molar-refractivity contribution is -0.134. The van der Waals surface area contributed by atoms with Gasteiger partial charge < -0.3 is 14.0 Å². The fraction of sp³-hybridized carbons (Fsp3) is 0.300. The first kappa shape index (κ1) is 11.9. The summed E-state index contributed by atoms with van der Waals surface area (Å²) in [5, 5.41) is 9.68. The van der Waals surface area contributed by atoms with Crippen LogP contribution in [0.3, 0.4) is 0 Å². The molecule has 0 spiro atoms. The molecule has 0 aliphatic heterocycles. The van der Waals surface area contributed by atoms with Gasteiger partial charge in [-0.05, 0) is 5.19 Å². The molecule has 0 heterocycles. The predicted octanol–water partition coefficient (Wildman–Crippen LogP) is 0.713. The zero-order valence-corrected chi connectivity index (χ0v) is 9.77. The van der Waals surface area contributed by atoms with Crippen molar-refractivity contribution in [2.24, 2.45) is 0 Å². The Morgan fingerprint density at radius 2 is 1.80 bits per heavy atom. The summed E-state index contributed by atoms with van der Waals surface area (Å²) >= 11 is 0. The van der Waals surface area contributed by atoms with Gasteiger partial charge in [0.25, 0.3) is 0 Å². The molecule has 0 aliphatic rings. The summed E-state index contributed by atoms with van der Waals surface area (Å²) < 4.78 is 10.6. The Bertz CT molecular complexity index is 321. The van der Waals surface area contributed by atoms with Gasteiger partial charge in [-0.2, -0.15) is 0 Å². The highest BCUT2D eigenvalue weighted by Crippen LogP contribution is 2.12. The van der Waals surface area contributed by atoms with E-state index >= 15 is 0 Å². The molecular weight excluding hydrogens is 212 g/mol. The minimum atomic E-state index is -2.78. The van der Waals surface area contributed by atoms with Gasteiger partial charge in [-0.15, -0.1) is 0 Å². The van der Waals surface area contributed by atoms with Crippen LogP contribution in [0.25, 0.3) is 0 Å². The summed E-state index contributed by atoms with van der Waals surface area (Å²) in [6.45, 7) is 0. The molecule has 0 unspecified atom stereocenters. The number of hydrogen-bond donors (Lipinski definition) is 1. The third-order valence-electron chi connectivity index (χ3n) is 2.26. The van der Waals surface area contributed by atoms with E-state index in [2.05, 4.69) is 0 Å². The SMILES string of the molecule is CO[Si](CC(=O)O)(OC)c1ccccc1. The van der Waals surface area contributed by atoms with E-state index in [4.69, 9.17) is 14.0 Å². The van der Waals surface area contributed by atoms with Crippen LogP contribution in [0, 0.1) is 0 Å². The molecule has 0 atom stereocenters. The number of carboxylic acids is 1. The lowest BCUT2D eigenvalue weighted by atomic mass is 10.4. The van der Waals surface area contributed by atoms with Crippen molar-refractivity contribution in [3.8, 4) is 0 Å². The molecule has 5 heteroatoms. The smallest absolute Gasteiger partial charge is 0.383 e. The normalized spacial score (nSPS) is 11.3. The molecule has 0 radical (unpaired) electrons. The summed E-state index contributed by atoms with van der Waals surface area (Å²) in [5.74, 6) is -0.908. The number of hydrogen-bond acceptors (Lipinski definition) is 3. The quantitative estimate of drug-likeness (QED) is 0.751. The molecule has 0 aromatic heterocycles. The molecule has 0 aliphatic carbocycles. The Labute approximate surface area is 89.7 Å². The van der Waals surface area contributed by atoms with E-state index < -0.39 is 14.5 Å². The third kappa shape index (κ3) is 2.65. The first-order valence-corrected chi connectivity index (χ1v) is 6.54. The van der Waals surface area contributed by atoms with Crippen LogP contribution < -0.4 is 5.19 Å². The topological polar surface area (TPSA) is 55.8 Å². The molecule has 15 heavy (non-hydrogen) atoms. The van der Waals surface area contributed by atoms with Gasteiger partial charge in [0.05, 0.1) is 6.04 Å². The number of carbonyl (C=O) groups is 1. The van der Waals surface area contributed by atoms with Gasteiger partial charge in [0.1, 0.15) is 0 Å². The molecule has 0 fully saturated rings. The van der Waals surface area contributed by atoms with Gasteiger partial charge in [0.2, 0.25) is 0 Å². The number of aliphatic carboxylic acids is 1. The second kappa shape index (κ2) is 5.06. The summed E-state index contributed by atoms with van der Waals surface area (Å²) in [5.41, 5.74) is 0. The van der Waals surface area contributed by atoms with E-state index in [1.807, 2.05) is 30.3 Å². The monoisotopic (exact) mass is 226 g/mol. The minimum absolute atomic E-state index is 0.0932. The van der Waals surface area contributed by atoms with Crippen molar-refractivity contribution in [3.63, 3.8) is 0 Å². The highest BCUT2D eigenvalue weighted by molar-refractivity contribution is 6.83. The number of rotatable bonds is 5. The maximum absolute atomic E-state index is 10.8. The van der Waals surface area contributed by atoms with Crippen LogP contribution in [0.15, 0.2) is 30.3 Å². The van der Waals surface area contributed by atoms with E-state index in [-0.39, 0.29) is 6.04 Å². The van der Waals surface area contributed by atoms with E-state index in [0.29, 0.717) is 0 Å². The highest BCUT2D eigenvalue weighted by Gasteiger charge is 2.40. The molecule has 0 amide bonds. The van der Waals surface area contributed by atoms with Crippen LogP contribution in [0.1, 0.15) is 0 Å². The zero-order valence-electron chi connectivity index (χ0n) is 8.77. The van der Waals surface area contributed by atoms with Gasteiger partial charge in [-0.1, -0.05) is 30.3 Å². The lowest BCUT2D eigenvalue weighted by Gasteiger charge is -2.25. The molecule has 4 nitrogen and oxygen atoms in total. The Morgan fingerprint density at radius 1 is 1.27 bits per heavy atom. The molecule has 1 rings (SSSR count). The van der Waals surface area contributed by atoms with Crippen molar-refractivity contribution in [2.45, 2.75) is 6.04 Å². The lowest BCUT2D eigenvalue weighted by Crippen LogP contribution is -2.53. The Hall–Kier alpha value is -1.17. The van der Waals surface area contributed by atoms with E-state index in [9.17, 15) is 4.79 Å². The van der Waals surface area contributed by atoms with Crippen molar-refractivity contribution >= 4 is 19.7 Å². The number of benzene rings is 1. The first-order chi connectivity index (χ1) is 7.14. The maximum atomic E-state index is 10.8. The van der Waals surface area contributed by atoms with Crippen molar-refractivity contribution in [1.29, 1.82) is 0 Å². The van der Waals surface area contributed by atoms with Gasteiger partial charge in [-0.25, -0.2) is 0 Å².